The number of nitrogens with one attached hydrogen (secondary N) is 1. The van der Waals surface area contributed by atoms with Crippen molar-refractivity contribution in [1.82, 2.24) is 9.97 Å². The largest absolute Gasteiger partial charge is 0.342 e. The molecule has 3 heteroatoms. The molecule has 0 spiro atoms. The fourth-order valence-electron chi connectivity index (χ4n) is 3.41. The minimum absolute atomic E-state index is 0.474. The Morgan fingerprint density at radius 1 is 1.03 bits per heavy atom. The van der Waals surface area contributed by atoms with Gasteiger partial charge in [0.25, 0.3) is 0 Å². The third-order valence-electron chi connectivity index (χ3n) is 5.34. The zero-order chi connectivity index (χ0) is 20.6. The lowest BCUT2D eigenvalue weighted by Gasteiger charge is -2.07. The number of aliphatic imine (C=N–C) groups is 1. The molecule has 0 aliphatic carbocycles. The number of imidazole rings is 1. The zero-order valence-electron chi connectivity index (χ0n) is 17.9. The summed E-state index contributed by atoms with van der Waals surface area (Å²) in [4.78, 5) is 12.3. The number of nitrogens with zero attached hydrogens (tertiary/aromatic N) is 2. The highest BCUT2D eigenvalue weighted by Crippen LogP contribution is 2.27. The van der Waals surface area contributed by atoms with Crippen LogP contribution >= 0.6 is 0 Å². The summed E-state index contributed by atoms with van der Waals surface area (Å²) in [6.07, 6.45) is 9.29. The number of aromatic nitrogens is 2. The van der Waals surface area contributed by atoms with Gasteiger partial charge in [0.2, 0.25) is 0 Å². The minimum Gasteiger partial charge on any atom is -0.342 e. The van der Waals surface area contributed by atoms with E-state index in [1.54, 1.807) is 6.21 Å². The van der Waals surface area contributed by atoms with Crippen LogP contribution in [-0.2, 0) is 0 Å². The standard InChI is InChI=1S/C26H31N3/c1-5-7-8-19(3)26-28-18-25(29-26)24-15-13-23(14-16-24)22-11-9-21(10-12-22)20(4)17-27-6-2/h6,9-19H,5,7-8H2,1-4H3,(H,28,29)/b20-17+,27-6?. The number of hydrogen-bond donors (Lipinski definition) is 1. The maximum absolute atomic E-state index is 4.60. The topological polar surface area (TPSA) is 41.0 Å². The number of allylic oxidation sites excluding steroid dienone is 1. The van der Waals surface area contributed by atoms with Crippen LogP contribution < -0.4 is 0 Å². The fraction of sp³-hybridized carbons (Fsp3) is 0.308. The Morgan fingerprint density at radius 2 is 1.66 bits per heavy atom. The highest BCUT2D eigenvalue weighted by Gasteiger charge is 2.10. The molecule has 1 atom stereocenters. The van der Waals surface area contributed by atoms with Crippen molar-refractivity contribution in [3.05, 3.63) is 72.3 Å². The highest BCUT2D eigenvalue weighted by molar-refractivity contribution is 5.72. The van der Waals surface area contributed by atoms with Crippen molar-refractivity contribution >= 4 is 11.8 Å². The van der Waals surface area contributed by atoms with Gasteiger partial charge in [-0.3, -0.25) is 4.99 Å². The number of benzene rings is 2. The SMILES string of the molecule is CC=N/C=C(\C)c1ccc(-c2ccc(-c3cnc(C(C)CCCC)[nH]3)cc2)cc1. The minimum atomic E-state index is 0.474. The molecule has 3 aromatic rings. The monoisotopic (exact) mass is 385 g/mol. The van der Waals surface area contributed by atoms with Crippen molar-refractivity contribution in [1.29, 1.82) is 0 Å². The average molecular weight is 386 g/mol. The Labute approximate surface area is 174 Å². The van der Waals surface area contributed by atoms with Crippen LogP contribution in [0.15, 0.2) is 65.9 Å². The quantitative estimate of drug-likeness (QED) is 0.401. The third-order valence-corrected chi connectivity index (χ3v) is 5.34. The Bertz CT molecular complexity index is 960. The maximum Gasteiger partial charge on any atom is 0.109 e. The summed E-state index contributed by atoms with van der Waals surface area (Å²) in [5.74, 6) is 1.56. The molecule has 2 aromatic carbocycles. The van der Waals surface area contributed by atoms with Crippen LogP contribution in [0.1, 0.15) is 64.3 Å². The number of unbranched alkanes of at least 4 members (excludes halogenated alkanes) is 1. The van der Waals surface area contributed by atoms with E-state index in [0.717, 1.165) is 17.1 Å². The lowest BCUT2D eigenvalue weighted by atomic mass is 10.00. The molecule has 0 aliphatic heterocycles. The maximum atomic E-state index is 4.60. The second kappa shape index (κ2) is 10.0. The van der Waals surface area contributed by atoms with Crippen LogP contribution in [-0.4, -0.2) is 16.2 Å². The van der Waals surface area contributed by atoms with Crippen molar-refractivity contribution < 1.29 is 0 Å². The van der Waals surface area contributed by atoms with Gasteiger partial charge in [-0.05, 0) is 48.1 Å². The average Bonchev–Trinajstić information content (AvgIpc) is 3.26. The Morgan fingerprint density at radius 3 is 2.28 bits per heavy atom. The van der Waals surface area contributed by atoms with Gasteiger partial charge >= 0.3 is 0 Å². The van der Waals surface area contributed by atoms with Crippen molar-refractivity contribution in [2.75, 3.05) is 0 Å². The van der Waals surface area contributed by atoms with Gasteiger partial charge in [-0.15, -0.1) is 0 Å². The first kappa shape index (κ1) is 20.8. The molecule has 1 heterocycles. The van der Waals surface area contributed by atoms with Crippen molar-refractivity contribution in [3.63, 3.8) is 0 Å². The summed E-state index contributed by atoms with van der Waals surface area (Å²) in [5, 5.41) is 0. The Balaban J connectivity index is 1.73. The first-order valence-corrected chi connectivity index (χ1v) is 10.5. The zero-order valence-corrected chi connectivity index (χ0v) is 17.9. The molecule has 0 bridgehead atoms. The van der Waals surface area contributed by atoms with Gasteiger partial charge in [0.15, 0.2) is 0 Å². The van der Waals surface area contributed by atoms with E-state index >= 15 is 0 Å². The van der Waals surface area contributed by atoms with Crippen LogP contribution in [0.3, 0.4) is 0 Å². The van der Waals surface area contributed by atoms with Gasteiger partial charge in [-0.25, -0.2) is 4.98 Å². The summed E-state index contributed by atoms with van der Waals surface area (Å²) in [6.45, 7) is 8.48. The number of H-pyrrole nitrogens is 1. The summed E-state index contributed by atoms with van der Waals surface area (Å²) in [5.41, 5.74) is 7.03. The van der Waals surface area contributed by atoms with Crippen LogP contribution in [0.2, 0.25) is 0 Å². The molecule has 29 heavy (non-hydrogen) atoms. The number of hydrogen-bond acceptors (Lipinski definition) is 2. The van der Waals surface area contributed by atoms with Crippen LogP contribution in [0, 0.1) is 0 Å². The molecule has 0 fully saturated rings. The van der Waals surface area contributed by atoms with E-state index < -0.39 is 0 Å². The van der Waals surface area contributed by atoms with Crippen LogP contribution in [0.4, 0.5) is 0 Å². The van der Waals surface area contributed by atoms with Gasteiger partial charge in [-0.2, -0.15) is 0 Å². The molecule has 3 nitrogen and oxygen atoms in total. The third kappa shape index (κ3) is 5.32. The van der Waals surface area contributed by atoms with Gasteiger partial charge in [0, 0.05) is 18.3 Å². The molecule has 0 radical (unpaired) electrons. The Hall–Kier alpha value is -2.94. The normalized spacial score (nSPS) is 13.2. The second-order valence-electron chi connectivity index (χ2n) is 7.60. The number of rotatable bonds is 8. The van der Waals surface area contributed by atoms with Gasteiger partial charge in [-0.1, -0.05) is 75.2 Å². The first-order valence-electron chi connectivity index (χ1n) is 10.5. The smallest absolute Gasteiger partial charge is 0.109 e. The van der Waals surface area contributed by atoms with E-state index in [-0.39, 0.29) is 0 Å². The van der Waals surface area contributed by atoms with Crippen molar-refractivity contribution in [2.24, 2.45) is 4.99 Å². The predicted molar refractivity (Wildman–Crippen MR) is 125 cm³/mol. The van der Waals surface area contributed by atoms with E-state index in [1.165, 1.54) is 41.5 Å². The van der Waals surface area contributed by atoms with E-state index in [2.05, 4.69) is 84.3 Å². The van der Waals surface area contributed by atoms with Crippen molar-refractivity contribution in [2.45, 2.75) is 52.9 Å². The molecule has 0 aliphatic rings. The van der Waals surface area contributed by atoms with Crippen LogP contribution in [0.25, 0.3) is 28.0 Å². The molecule has 1 N–H and O–H groups in total. The molecule has 0 saturated heterocycles. The summed E-state index contributed by atoms with van der Waals surface area (Å²) in [6, 6.07) is 17.3. The highest BCUT2D eigenvalue weighted by atomic mass is 14.9. The van der Waals surface area contributed by atoms with Gasteiger partial charge in [0.1, 0.15) is 5.82 Å². The molecule has 3 rings (SSSR count). The van der Waals surface area contributed by atoms with E-state index in [0.29, 0.717) is 5.92 Å². The summed E-state index contributed by atoms with van der Waals surface area (Å²) in [7, 11) is 0. The van der Waals surface area contributed by atoms with Crippen LogP contribution in [0.5, 0.6) is 0 Å². The lowest BCUT2D eigenvalue weighted by molar-refractivity contribution is 0.601. The molecule has 1 unspecified atom stereocenters. The summed E-state index contributed by atoms with van der Waals surface area (Å²) < 4.78 is 0. The Kier molecular flexibility index (Phi) is 7.18. The van der Waals surface area contributed by atoms with Crippen molar-refractivity contribution in [3.8, 4) is 22.4 Å². The van der Waals surface area contributed by atoms with E-state index in [9.17, 15) is 0 Å². The lowest BCUT2D eigenvalue weighted by Crippen LogP contribution is -1.96. The second-order valence-corrected chi connectivity index (χ2v) is 7.60. The van der Waals surface area contributed by atoms with Gasteiger partial charge < -0.3 is 4.98 Å². The molecule has 150 valence electrons. The molecule has 0 saturated carbocycles. The molecular formula is C26H31N3. The van der Waals surface area contributed by atoms with E-state index in [1.807, 2.05) is 19.3 Å². The first-order chi connectivity index (χ1) is 14.1. The molecule has 1 aromatic heterocycles. The fourth-order valence-corrected chi connectivity index (χ4v) is 3.41. The molecular weight excluding hydrogens is 354 g/mol. The molecule has 0 amide bonds. The number of aromatic amines is 1. The summed E-state index contributed by atoms with van der Waals surface area (Å²) >= 11 is 0. The predicted octanol–water partition coefficient (Wildman–Crippen LogP) is 7.49. The van der Waals surface area contributed by atoms with E-state index in [4.69, 9.17) is 0 Å². The van der Waals surface area contributed by atoms with Gasteiger partial charge in [0.05, 0.1) is 11.9 Å².